The highest BCUT2D eigenvalue weighted by molar-refractivity contribution is 6.29. The summed E-state index contributed by atoms with van der Waals surface area (Å²) in [6, 6.07) is 9.52. The molecule has 0 spiro atoms. The molecule has 3 heterocycles. The number of nitrogens with zero attached hydrogens (tertiary/aromatic N) is 2. The van der Waals surface area contributed by atoms with Crippen LogP contribution in [0.15, 0.2) is 41.0 Å². The number of rotatable bonds is 6. The summed E-state index contributed by atoms with van der Waals surface area (Å²) < 4.78 is 16.7. The van der Waals surface area contributed by atoms with E-state index in [9.17, 15) is 0 Å². The number of benzene rings is 1. The fourth-order valence-electron chi connectivity index (χ4n) is 2.86. The maximum Gasteiger partial charge on any atom is 0.225 e. The summed E-state index contributed by atoms with van der Waals surface area (Å²) in [6.07, 6.45) is 2.66. The van der Waals surface area contributed by atoms with Gasteiger partial charge in [0.1, 0.15) is 22.8 Å². The molecule has 2 aromatic heterocycles. The largest absolute Gasteiger partial charge is 0.491 e. The van der Waals surface area contributed by atoms with Crippen LogP contribution in [-0.4, -0.2) is 29.8 Å². The molecule has 0 aliphatic carbocycles. The Bertz CT molecular complexity index is 848. The second-order valence-corrected chi connectivity index (χ2v) is 6.31. The van der Waals surface area contributed by atoms with E-state index in [2.05, 4.69) is 15.3 Å². The highest BCUT2D eigenvalue weighted by Gasteiger charge is 2.18. The van der Waals surface area contributed by atoms with Gasteiger partial charge in [0.15, 0.2) is 0 Å². The van der Waals surface area contributed by atoms with Crippen LogP contribution in [-0.2, 0) is 11.3 Å². The fourth-order valence-corrected chi connectivity index (χ4v) is 3.03. The van der Waals surface area contributed by atoms with E-state index in [0.717, 1.165) is 30.8 Å². The number of hydrogen-bond donors (Lipinski definition) is 1. The molecule has 1 fully saturated rings. The number of hydrogen-bond acceptors (Lipinski definition) is 6. The van der Waals surface area contributed by atoms with Crippen LogP contribution >= 0.6 is 11.6 Å². The maximum atomic E-state index is 6.12. The predicted molar refractivity (Wildman–Crippen MR) is 95.0 cm³/mol. The average molecular weight is 360 g/mol. The van der Waals surface area contributed by atoms with Gasteiger partial charge in [-0.15, -0.1) is 0 Å². The van der Waals surface area contributed by atoms with Gasteiger partial charge >= 0.3 is 0 Å². The fraction of sp³-hybridized carbons (Fsp3) is 0.333. The Balaban J connectivity index is 1.59. The van der Waals surface area contributed by atoms with Crippen LogP contribution in [0.5, 0.6) is 5.75 Å². The van der Waals surface area contributed by atoms with Gasteiger partial charge in [-0.2, -0.15) is 0 Å². The van der Waals surface area contributed by atoms with Gasteiger partial charge in [0.25, 0.3) is 0 Å². The van der Waals surface area contributed by atoms with Crippen molar-refractivity contribution in [2.24, 2.45) is 5.92 Å². The first-order valence-corrected chi connectivity index (χ1v) is 8.60. The van der Waals surface area contributed by atoms with Gasteiger partial charge in [-0.25, -0.2) is 9.97 Å². The predicted octanol–water partition coefficient (Wildman–Crippen LogP) is 3.90. The van der Waals surface area contributed by atoms with Crippen LogP contribution in [0.3, 0.4) is 0 Å². The first-order chi connectivity index (χ1) is 12.3. The summed E-state index contributed by atoms with van der Waals surface area (Å²) >= 11 is 6.12. The van der Waals surface area contributed by atoms with Crippen LogP contribution in [0.2, 0.25) is 5.28 Å². The lowest BCUT2D eigenvalue weighted by molar-refractivity contribution is 0.167. The van der Waals surface area contributed by atoms with Crippen molar-refractivity contribution in [3.05, 3.63) is 47.6 Å². The SMILES string of the molecule is Clc1nc(NCc2ccco2)c2cccc(OCC3CCOC3)c2n1. The Hall–Kier alpha value is -2.31. The van der Waals surface area contributed by atoms with Crippen molar-refractivity contribution < 1.29 is 13.9 Å². The average Bonchev–Trinajstić information content (AvgIpc) is 3.31. The monoisotopic (exact) mass is 359 g/mol. The first kappa shape index (κ1) is 16.2. The number of fused-ring (bicyclic) bond motifs is 1. The minimum Gasteiger partial charge on any atom is -0.491 e. The van der Waals surface area contributed by atoms with Crippen molar-refractivity contribution in [2.45, 2.75) is 13.0 Å². The third-order valence-electron chi connectivity index (χ3n) is 4.17. The Morgan fingerprint density at radius 2 is 2.20 bits per heavy atom. The molecule has 1 unspecified atom stereocenters. The molecule has 6 nitrogen and oxygen atoms in total. The number of aromatic nitrogens is 2. The topological polar surface area (TPSA) is 69.4 Å². The van der Waals surface area contributed by atoms with E-state index < -0.39 is 0 Å². The lowest BCUT2D eigenvalue weighted by atomic mass is 10.1. The maximum absolute atomic E-state index is 6.12. The molecule has 0 bridgehead atoms. The van der Waals surface area contributed by atoms with Gasteiger partial charge in [-0.1, -0.05) is 6.07 Å². The minimum absolute atomic E-state index is 0.176. The second kappa shape index (κ2) is 7.29. The van der Waals surface area contributed by atoms with E-state index in [1.165, 1.54) is 0 Å². The zero-order chi connectivity index (χ0) is 17.1. The molecule has 1 aliphatic heterocycles. The molecule has 0 radical (unpaired) electrons. The third-order valence-corrected chi connectivity index (χ3v) is 4.34. The van der Waals surface area contributed by atoms with Crippen LogP contribution in [0, 0.1) is 5.92 Å². The van der Waals surface area contributed by atoms with Gasteiger partial charge in [0.05, 0.1) is 26.0 Å². The molecule has 1 aliphatic rings. The van der Waals surface area contributed by atoms with Crippen LogP contribution < -0.4 is 10.1 Å². The summed E-state index contributed by atoms with van der Waals surface area (Å²) in [7, 11) is 0. The molecule has 1 atom stereocenters. The molecule has 1 aromatic carbocycles. The molecule has 0 saturated carbocycles. The Labute approximate surface area is 150 Å². The normalized spacial score (nSPS) is 17.1. The van der Waals surface area contributed by atoms with E-state index in [1.807, 2.05) is 30.3 Å². The lowest BCUT2D eigenvalue weighted by Crippen LogP contribution is -2.12. The zero-order valence-electron chi connectivity index (χ0n) is 13.6. The van der Waals surface area contributed by atoms with Crippen molar-refractivity contribution >= 4 is 28.3 Å². The van der Waals surface area contributed by atoms with E-state index in [1.54, 1.807) is 6.26 Å². The van der Waals surface area contributed by atoms with Gasteiger partial charge in [0, 0.05) is 17.9 Å². The highest BCUT2D eigenvalue weighted by atomic mass is 35.5. The van der Waals surface area contributed by atoms with E-state index in [0.29, 0.717) is 36.2 Å². The molecule has 130 valence electrons. The van der Waals surface area contributed by atoms with Gasteiger partial charge in [-0.05, 0) is 42.3 Å². The van der Waals surface area contributed by atoms with Gasteiger partial charge in [-0.3, -0.25) is 0 Å². The van der Waals surface area contributed by atoms with E-state index in [-0.39, 0.29) is 5.28 Å². The highest BCUT2D eigenvalue weighted by Crippen LogP contribution is 2.30. The molecule has 7 heteroatoms. The molecule has 25 heavy (non-hydrogen) atoms. The number of ether oxygens (including phenoxy) is 2. The molecule has 4 rings (SSSR count). The summed E-state index contributed by atoms with van der Waals surface area (Å²) in [5, 5.41) is 4.28. The van der Waals surface area contributed by atoms with Crippen molar-refractivity contribution in [3.8, 4) is 5.75 Å². The van der Waals surface area contributed by atoms with Gasteiger partial charge in [0.2, 0.25) is 5.28 Å². The number of anilines is 1. The molecular weight excluding hydrogens is 342 g/mol. The molecule has 0 amide bonds. The number of nitrogens with one attached hydrogen (secondary N) is 1. The van der Waals surface area contributed by atoms with Crippen molar-refractivity contribution in [3.63, 3.8) is 0 Å². The smallest absolute Gasteiger partial charge is 0.225 e. The van der Waals surface area contributed by atoms with Crippen LogP contribution in [0.25, 0.3) is 10.9 Å². The van der Waals surface area contributed by atoms with Crippen molar-refractivity contribution in [1.82, 2.24) is 9.97 Å². The second-order valence-electron chi connectivity index (χ2n) is 5.97. The molecular formula is C18H18ClN3O3. The Morgan fingerprint density at radius 1 is 1.24 bits per heavy atom. The van der Waals surface area contributed by atoms with Crippen molar-refractivity contribution in [1.29, 1.82) is 0 Å². The Kier molecular flexibility index (Phi) is 4.72. The van der Waals surface area contributed by atoms with Gasteiger partial charge < -0.3 is 19.2 Å². The standard InChI is InChI=1S/C18H18ClN3O3/c19-18-21-16-14(17(22-18)20-9-13-3-2-7-24-13)4-1-5-15(16)25-11-12-6-8-23-10-12/h1-5,7,12H,6,8-11H2,(H,20,21,22). The zero-order valence-corrected chi connectivity index (χ0v) is 14.3. The number of halogens is 1. The van der Waals surface area contributed by atoms with Crippen molar-refractivity contribution in [2.75, 3.05) is 25.1 Å². The number of furan rings is 1. The molecule has 1 N–H and O–H groups in total. The summed E-state index contributed by atoms with van der Waals surface area (Å²) in [5.41, 5.74) is 0.698. The lowest BCUT2D eigenvalue weighted by Gasteiger charge is -2.14. The molecule has 1 saturated heterocycles. The van der Waals surface area contributed by atoms with E-state index in [4.69, 9.17) is 25.5 Å². The summed E-state index contributed by atoms with van der Waals surface area (Å²) in [6.45, 7) is 2.67. The third kappa shape index (κ3) is 3.70. The van der Waals surface area contributed by atoms with Crippen LogP contribution in [0.1, 0.15) is 12.2 Å². The van der Waals surface area contributed by atoms with E-state index >= 15 is 0 Å². The minimum atomic E-state index is 0.176. The van der Waals surface area contributed by atoms with Crippen LogP contribution in [0.4, 0.5) is 5.82 Å². The quantitative estimate of drug-likeness (QED) is 0.673. The summed E-state index contributed by atoms with van der Waals surface area (Å²) in [5.74, 6) is 2.59. The number of para-hydroxylation sites is 1. The summed E-state index contributed by atoms with van der Waals surface area (Å²) in [4.78, 5) is 8.67. The first-order valence-electron chi connectivity index (χ1n) is 8.22. The Morgan fingerprint density at radius 3 is 3.00 bits per heavy atom. The molecule has 3 aromatic rings.